The molecule has 0 bridgehead atoms. The number of nitrogens with one attached hydrogen (secondary N) is 1. The lowest BCUT2D eigenvalue weighted by atomic mass is 10.2. The summed E-state index contributed by atoms with van der Waals surface area (Å²) in [5.74, 6) is 0.577. The van der Waals surface area contributed by atoms with E-state index in [0.29, 0.717) is 5.56 Å². The van der Waals surface area contributed by atoms with Crippen molar-refractivity contribution in [3.05, 3.63) is 59.9 Å². The summed E-state index contributed by atoms with van der Waals surface area (Å²) in [5, 5.41) is 0. The second kappa shape index (κ2) is 6.00. The number of methoxy groups -OCH3 is 1. The van der Waals surface area contributed by atoms with Gasteiger partial charge < -0.3 is 4.74 Å². The largest absolute Gasteiger partial charge is 0.497 e. The van der Waals surface area contributed by atoms with Gasteiger partial charge in [-0.1, -0.05) is 11.6 Å². The normalized spacial score (nSPS) is 10.0. The van der Waals surface area contributed by atoms with Crippen LogP contribution in [0.3, 0.4) is 0 Å². The van der Waals surface area contributed by atoms with Gasteiger partial charge in [-0.05, 0) is 36.2 Å². The van der Waals surface area contributed by atoms with Gasteiger partial charge in [-0.3, -0.25) is 4.79 Å². The predicted octanol–water partition coefficient (Wildman–Crippen LogP) is 1.93. The molecule has 0 atom stereocenters. The lowest BCUT2D eigenvalue weighted by Crippen LogP contribution is -2.47. The van der Waals surface area contributed by atoms with Gasteiger partial charge in [0.2, 0.25) is 0 Å². The molecule has 0 fully saturated rings. The second-order valence-corrected chi connectivity index (χ2v) is 4.14. The summed E-state index contributed by atoms with van der Waals surface area (Å²) in [4.78, 5) is 12.0. The number of ether oxygens (including phenoxy) is 1. The summed E-state index contributed by atoms with van der Waals surface area (Å²) < 4.78 is 6.70. The number of hydrogen-bond acceptors (Lipinski definition) is 2. The van der Waals surface area contributed by atoms with Gasteiger partial charge in [-0.15, -0.1) is 5.43 Å². The highest BCUT2D eigenvalue weighted by Crippen LogP contribution is 2.10. The quantitative estimate of drug-likeness (QED) is 0.850. The minimum atomic E-state index is -0.156. The zero-order chi connectivity index (χ0) is 13.7. The van der Waals surface area contributed by atoms with Crippen LogP contribution < -0.4 is 14.8 Å². The van der Waals surface area contributed by atoms with Crippen LogP contribution in [0.1, 0.15) is 22.8 Å². The highest BCUT2D eigenvalue weighted by atomic mass is 16.5. The van der Waals surface area contributed by atoms with Gasteiger partial charge in [0.25, 0.3) is 0 Å². The van der Waals surface area contributed by atoms with E-state index in [2.05, 4.69) is 12.3 Å². The third-order valence-corrected chi connectivity index (χ3v) is 2.89. The number of aromatic nitrogens is 1. The maximum absolute atomic E-state index is 12.0. The number of amides is 1. The van der Waals surface area contributed by atoms with Gasteiger partial charge in [0.05, 0.1) is 7.11 Å². The van der Waals surface area contributed by atoms with Crippen molar-refractivity contribution in [2.45, 2.75) is 13.3 Å². The molecule has 1 N–H and O–H groups in total. The molecule has 1 amide bonds. The zero-order valence-electron chi connectivity index (χ0n) is 11.1. The summed E-state index contributed by atoms with van der Waals surface area (Å²) in [7, 11) is 1.60. The molecule has 2 rings (SSSR count). The number of rotatable bonds is 4. The maximum Gasteiger partial charge on any atom is 0.305 e. The van der Waals surface area contributed by atoms with E-state index in [-0.39, 0.29) is 5.91 Å². The summed E-state index contributed by atoms with van der Waals surface area (Å²) in [6, 6.07) is 11.0. The molecule has 0 spiro atoms. The third-order valence-electron chi connectivity index (χ3n) is 2.89. The molecule has 1 aromatic carbocycles. The van der Waals surface area contributed by atoms with E-state index in [1.165, 1.54) is 5.56 Å². The molecule has 0 aliphatic carbocycles. The Morgan fingerprint density at radius 3 is 2.32 bits per heavy atom. The van der Waals surface area contributed by atoms with Gasteiger partial charge in [0.15, 0.2) is 12.4 Å². The van der Waals surface area contributed by atoms with Crippen LogP contribution in [0.2, 0.25) is 0 Å². The van der Waals surface area contributed by atoms with Gasteiger partial charge in [-0.25, -0.2) is 0 Å². The van der Waals surface area contributed by atoms with Gasteiger partial charge >= 0.3 is 5.91 Å². The molecule has 4 heteroatoms. The molecule has 0 saturated carbocycles. The Morgan fingerprint density at radius 2 is 1.79 bits per heavy atom. The van der Waals surface area contributed by atoms with Crippen LogP contribution in [-0.2, 0) is 6.42 Å². The highest BCUT2D eigenvalue weighted by molar-refractivity contribution is 5.98. The number of benzene rings is 1. The van der Waals surface area contributed by atoms with Crippen molar-refractivity contribution in [2.75, 3.05) is 12.5 Å². The van der Waals surface area contributed by atoms with E-state index in [4.69, 9.17) is 4.74 Å². The molecule has 98 valence electrons. The third kappa shape index (κ3) is 3.31. The average Bonchev–Trinajstić information content (AvgIpc) is 2.48. The van der Waals surface area contributed by atoms with Crippen molar-refractivity contribution in [3.63, 3.8) is 0 Å². The van der Waals surface area contributed by atoms with Crippen LogP contribution in [0.15, 0.2) is 48.8 Å². The van der Waals surface area contributed by atoms with Gasteiger partial charge in [0.1, 0.15) is 5.75 Å². The number of pyridine rings is 1. The summed E-state index contributed by atoms with van der Waals surface area (Å²) in [5.41, 5.74) is 4.61. The van der Waals surface area contributed by atoms with E-state index in [9.17, 15) is 4.79 Å². The summed E-state index contributed by atoms with van der Waals surface area (Å²) >= 11 is 0. The molecule has 2 aromatic rings. The van der Waals surface area contributed by atoms with Crippen molar-refractivity contribution in [2.24, 2.45) is 0 Å². The lowest BCUT2D eigenvalue weighted by Gasteiger charge is -2.02. The molecule has 4 nitrogen and oxygen atoms in total. The van der Waals surface area contributed by atoms with Crippen molar-refractivity contribution in [1.29, 1.82) is 0 Å². The van der Waals surface area contributed by atoms with Crippen LogP contribution in [-0.4, -0.2) is 13.0 Å². The van der Waals surface area contributed by atoms with Crippen LogP contribution in [0.5, 0.6) is 5.75 Å². The Bertz CT molecular complexity index is 547. The second-order valence-electron chi connectivity index (χ2n) is 4.14. The first kappa shape index (κ1) is 13.1. The molecule has 1 aromatic heterocycles. The smallest absolute Gasteiger partial charge is 0.305 e. The molecule has 1 heterocycles. The summed E-state index contributed by atoms with van der Waals surface area (Å²) in [6.07, 6.45) is 4.65. The number of aryl methyl sites for hydroxylation is 1. The first-order chi connectivity index (χ1) is 9.22. The highest BCUT2D eigenvalue weighted by Gasteiger charge is 2.10. The van der Waals surface area contributed by atoms with Crippen LogP contribution >= 0.6 is 0 Å². The van der Waals surface area contributed by atoms with Crippen molar-refractivity contribution >= 4 is 5.91 Å². The monoisotopic (exact) mass is 257 g/mol. The fourth-order valence-corrected chi connectivity index (χ4v) is 1.69. The molecule has 0 aliphatic rings. The minimum absolute atomic E-state index is 0.156. The number of nitrogens with zero attached hydrogens (tertiary/aromatic N) is 1. The molecule has 0 aliphatic heterocycles. The Morgan fingerprint density at radius 1 is 1.16 bits per heavy atom. The van der Waals surface area contributed by atoms with E-state index in [1.54, 1.807) is 36.1 Å². The molecule has 0 radical (unpaired) electrons. The lowest BCUT2D eigenvalue weighted by molar-refractivity contribution is -0.641. The molecular weight excluding hydrogens is 240 g/mol. The molecular formula is C15H17N2O2+. The van der Waals surface area contributed by atoms with Crippen molar-refractivity contribution in [3.8, 4) is 5.75 Å². The van der Waals surface area contributed by atoms with E-state index in [1.807, 2.05) is 24.5 Å². The predicted molar refractivity (Wildman–Crippen MR) is 72.7 cm³/mol. The van der Waals surface area contributed by atoms with E-state index < -0.39 is 0 Å². The van der Waals surface area contributed by atoms with Crippen LogP contribution in [0.25, 0.3) is 0 Å². The van der Waals surface area contributed by atoms with Crippen molar-refractivity contribution < 1.29 is 14.2 Å². The van der Waals surface area contributed by atoms with E-state index in [0.717, 1.165) is 12.2 Å². The van der Waals surface area contributed by atoms with Crippen molar-refractivity contribution in [1.82, 2.24) is 0 Å². The van der Waals surface area contributed by atoms with Gasteiger partial charge in [0, 0.05) is 17.7 Å². The van der Waals surface area contributed by atoms with Crippen LogP contribution in [0.4, 0.5) is 0 Å². The standard InChI is InChI=1S/C15H16N2O2/c1-3-12-8-10-17(11-9-12)16-15(18)13-4-6-14(19-2)7-5-13/h4-11H,3H2,1-2H3/p+1. The molecule has 19 heavy (non-hydrogen) atoms. The maximum atomic E-state index is 12.0. The minimum Gasteiger partial charge on any atom is -0.497 e. The first-order valence-electron chi connectivity index (χ1n) is 6.18. The summed E-state index contributed by atoms with van der Waals surface area (Å²) in [6.45, 7) is 2.09. The topological polar surface area (TPSA) is 42.2 Å². The number of hydrogen-bond donors (Lipinski definition) is 1. The fourth-order valence-electron chi connectivity index (χ4n) is 1.69. The van der Waals surface area contributed by atoms with Gasteiger partial charge in [-0.2, -0.15) is 0 Å². The Balaban J connectivity index is 2.06. The Kier molecular flexibility index (Phi) is 4.13. The SMILES string of the molecule is CCc1cc[n+](NC(=O)c2ccc(OC)cc2)cc1. The number of carbonyl (C=O) groups is 1. The molecule has 0 saturated heterocycles. The average molecular weight is 257 g/mol. The molecule has 0 unspecified atom stereocenters. The zero-order valence-corrected chi connectivity index (χ0v) is 11.1. The fraction of sp³-hybridized carbons (Fsp3) is 0.200. The van der Waals surface area contributed by atoms with E-state index >= 15 is 0 Å². The Labute approximate surface area is 112 Å². The van der Waals surface area contributed by atoms with Crippen LogP contribution in [0, 0.1) is 0 Å². The Hall–Kier alpha value is -2.36. The number of carbonyl (C=O) groups excluding carboxylic acids is 1. The first-order valence-corrected chi connectivity index (χ1v) is 6.18.